The predicted octanol–water partition coefficient (Wildman–Crippen LogP) is 4.88. The lowest BCUT2D eigenvalue weighted by Gasteiger charge is -2.24. The second-order valence-corrected chi connectivity index (χ2v) is 8.67. The molecule has 0 heterocycles. The lowest BCUT2D eigenvalue weighted by molar-refractivity contribution is -0.861. The van der Waals surface area contributed by atoms with Gasteiger partial charge in [-0.05, 0) is 63.6 Å². The topological polar surface area (TPSA) is 83.4 Å². The Kier molecular flexibility index (Phi) is 9.11. The van der Waals surface area contributed by atoms with E-state index in [-0.39, 0.29) is 5.91 Å². The number of nitrogens with zero attached hydrogens (tertiary/aromatic N) is 4. The molecule has 177 valence electrons. The molecule has 0 atom stereocenters. The number of hydrogen-bond donors (Lipinski definition) is 1. The fourth-order valence-electron chi connectivity index (χ4n) is 3.26. The van der Waals surface area contributed by atoms with Gasteiger partial charge in [0.05, 0.1) is 44.7 Å². The monoisotopic (exact) mass is 453 g/mol. The zero-order valence-electron chi connectivity index (χ0n) is 20.7. The summed E-state index contributed by atoms with van der Waals surface area (Å²) in [6, 6.07) is 12.1. The van der Waals surface area contributed by atoms with Gasteiger partial charge in [-0.25, -0.2) is 4.79 Å². The van der Waals surface area contributed by atoms with Gasteiger partial charge in [0.2, 0.25) is 0 Å². The molecule has 2 aromatic rings. The number of anilines is 2. The smallest absolute Gasteiger partial charge is 0.338 e. The number of benzene rings is 2. The Hall–Kier alpha value is -3.26. The molecule has 0 spiro atoms. The number of quaternary nitrogens is 1. The molecule has 2 aromatic carbocycles. The summed E-state index contributed by atoms with van der Waals surface area (Å²) in [6.45, 7) is 10.1. The minimum absolute atomic E-state index is 0.0982. The minimum Gasteiger partial charge on any atom is -0.462 e. The quantitative estimate of drug-likeness (QED) is 0.316. The van der Waals surface area contributed by atoms with Crippen LogP contribution in [0.4, 0.5) is 22.7 Å². The van der Waals surface area contributed by atoms with Crippen LogP contribution in [0.1, 0.15) is 36.7 Å². The summed E-state index contributed by atoms with van der Waals surface area (Å²) >= 11 is 0. The molecule has 1 N–H and O–H groups in total. The first-order valence-corrected chi connectivity index (χ1v) is 11.2. The van der Waals surface area contributed by atoms with Crippen LogP contribution < -0.4 is 10.2 Å². The van der Waals surface area contributed by atoms with Crippen molar-refractivity contribution in [1.29, 1.82) is 0 Å². The van der Waals surface area contributed by atoms with Gasteiger partial charge in [0.25, 0.3) is 5.91 Å². The van der Waals surface area contributed by atoms with Gasteiger partial charge in [0.1, 0.15) is 5.69 Å². The molecule has 2 rings (SSSR count). The molecule has 0 aromatic heterocycles. The average molecular weight is 454 g/mol. The highest BCUT2D eigenvalue weighted by molar-refractivity contribution is 5.95. The van der Waals surface area contributed by atoms with Crippen molar-refractivity contribution >= 4 is 34.6 Å². The van der Waals surface area contributed by atoms with Crippen molar-refractivity contribution in [3.8, 4) is 0 Å². The lowest BCUT2D eigenvalue weighted by atomic mass is 10.1. The van der Waals surface area contributed by atoms with Crippen molar-refractivity contribution in [1.82, 2.24) is 0 Å². The van der Waals surface area contributed by atoms with E-state index in [0.717, 1.165) is 18.8 Å². The number of rotatable bonds is 10. The van der Waals surface area contributed by atoms with E-state index in [0.29, 0.717) is 45.8 Å². The number of hydrogen-bond acceptors (Lipinski definition) is 6. The highest BCUT2D eigenvalue weighted by Crippen LogP contribution is 2.32. The lowest BCUT2D eigenvalue weighted by Crippen LogP contribution is -2.41. The zero-order valence-corrected chi connectivity index (χ0v) is 20.7. The van der Waals surface area contributed by atoms with Crippen LogP contribution in [0.25, 0.3) is 0 Å². The Morgan fingerprint density at radius 3 is 2.24 bits per heavy atom. The first kappa shape index (κ1) is 26.0. The molecule has 0 aliphatic heterocycles. The number of ether oxygens (including phenoxy) is 1. The minimum atomic E-state index is -0.418. The third kappa shape index (κ3) is 7.68. The van der Waals surface area contributed by atoms with E-state index in [9.17, 15) is 9.59 Å². The first-order chi connectivity index (χ1) is 15.6. The number of carbonyl (C=O) groups excluding carboxylic acids is 2. The van der Waals surface area contributed by atoms with E-state index >= 15 is 0 Å². The van der Waals surface area contributed by atoms with Gasteiger partial charge >= 0.3 is 5.97 Å². The molecular formula is C25H35N5O3+. The number of azo groups is 1. The second kappa shape index (κ2) is 11.6. The SMILES string of the molecule is CCOC(=O)c1[c]c(C)c(N=Nc2ccc(N(CC)CC)cc2NC(=O)C[N+](C)(C)C)cc1. The van der Waals surface area contributed by atoms with E-state index in [1.54, 1.807) is 19.1 Å². The summed E-state index contributed by atoms with van der Waals surface area (Å²) in [7, 11) is 5.89. The summed E-state index contributed by atoms with van der Waals surface area (Å²) in [5.74, 6) is -0.516. The summed E-state index contributed by atoms with van der Waals surface area (Å²) in [6.07, 6.45) is 0. The molecule has 0 aliphatic carbocycles. The molecular weight excluding hydrogens is 418 g/mol. The maximum absolute atomic E-state index is 12.6. The summed E-state index contributed by atoms with van der Waals surface area (Å²) in [5.41, 5.74) is 3.77. The van der Waals surface area contributed by atoms with Crippen LogP contribution in [-0.4, -0.2) is 63.7 Å². The van der Waals surface area contributed by atoms with Crippen molar-refractivity contribution < 1.29 is 18.8 Å². The van der Waals surface area contributed by atoms with Crippen LogP contribution in [0.3, 0.4) is 0 Å². The van der Waals surface area contributed by atoms with Gasteiger partial charge in [-0.1, -0.05) is 0 Å². The predicted molar refractivity (Wildman–Crippen MR) is 132 cm³/mol. The average Bonchev–Trinajstić information content (AvgIpc) is 2.73. The number of esters is 1. The Morgan fingerprint density at radius 2 is 1.67 bits per heavy atom. The van der Waals surface area contributed by atoms with Crippen molar-refractivity contribution in [3.63, 3.8) is 0 Å². The van der Waals surface area contributed by atoms with E-state index < -0.39 is 5.97 Å². The molecule has 0 fully saturated rings. The highest BCUT2D eigenvalue weighted by Gasteiger charge is 2.17. The zero-order chi connectivity index (χ0) is 24.6. The van der Waals surface area contributed by atoms with Gasteiger partial charge in [-0.2, -0.15) is 5.11 Å². The second-order valence-electron chi connectivity index (χ2n) is 8.67. The molecule has 0 bridgehead atoms. The van der Waals surface area contributed by atoms with Crippen LogP contribution in [0, 0.1) is 13.0 Å². The molecule has 1 amide bonds. The Morgan fingerprint density at radius 1 is 1.03 bits per heavy atom. The van der Waals surface area contributed by atoms with Crippen molar-refractivity contribution in [2.45, 2.75) is 27.7 Å². The maximum atomic E-state index is 12.6. The van der Waals surface area contributed by atoms with Crippen LogP contribution in [0.15, 0.2) is 40.6 Å². The number of amides is 1. The van der Waals surface area contributed by atoms with E-state index in [1.165, 1.54) is 0 Å². The molecule has 0 aliphatic rings. The summed E-state index contributed by atoms with van der Waals surface area (Å²) in [5, 5.41) is 11.7. The number of nitrogens with one attached hydrogen (secondary N) is 1. The highest BCUT2D eigenvalue weighted by atomic mass is 16.5. The third-order valence-electron chi connectivity index (χ3n) is 4.88. The molecule has 8 nitrogen and oxygen atoms in total. The summed E-state index contributed by atoms with van der Waals surface area (Å²) < 4.78 is 5.53. The standard InChI is InChI=1S/C25H34N5O3/c1-8-29(9-2)20-12-14-22(23(16-20)26-24(31)17-30(5,6)7)28-27-21-13-11-19(15-18(21)4)25(32)33-10-3/h11-14,16H,8-10,17H2,1-7H3/p+1. The van der Waals surface area contributed by atoms with Gasteiger partial charge in [0, 0.05) is 24.8 Å². The molecule has 33 heavy (non-hydrogen) atoms. The van der Waals surface area contributed by atoms with Crippen LogP contribution >= 0.6 is 0 Å². The molecule has 1 radical (unpaired) electrons. The first-order valence-electron chi connectivity index (χ1n) is 11.2. The number of aryl methyl sites for hydroxylation is 1. The normalized spacial score (nSPS) is 11.5. The van der Waals surface area contributed by atoms with Crippen molar-refractivity contribution in [3.05, 3.63) is 47.5 Å². The number of likely N-dealkylation sites (N-methyl/N-ethyl adjacent to an activating group) is 1. The Labute approximate surface area is 196 Å². The van der Waals surface area contributed by atoms with Crippen molar-refractivity contribution in [2.24, 2.45) is 10.2 Å². The van der Waals surface area contributed by atoms with Crippen LogP contribution in [0.5, 0.6) is 0 Å². The maximum Gasteiger partial charge on any atom is 0.338 e. The van der Waals surface area contributed by atoms with E-state index in [1.807, 2.05) is 46.3 Å². The molecule has 0 unspecified atom stereocenters. The number of carbonyl (C=O) groups is 2. The Balaban J connectivity index is 2.36. The van der Waals surface area contributed by atoms with E-state index in [4.69, 9.17) is 4.74 Å². The van der Waals surface area contributed by atoms with Crippen LogP contribution in [-0.2, 0) is 9.53 Å². The van der Waals surface area contributed by atoms with Gasteiger partial charge in [0.15, 0.2) is 6.54 Å². The molecule has 0 saturated carbocycles. The van der Waals surface area contributed by atoms with Gasteiger partial charge < -0.3 is 19.4 Å². The van der Waals surface area contributed by atoms with Crippen LogP contribution in [0.2, 0.25) is 0 Å². The molecule has 8 heteroatoms. The van der Waals surface area contributed by atoms with E-state index in [2.05, 4.69) is 40.4 Å². The fraction of sp³-hybridized carbons (Fsp3) is 0.440. The third-order valence-corrected chi connectivity index (χ3v) is 4.88. The van der Waals surface area contributed by atoms with Gasteiger partial charge in [-0.15, -0.1) is 5.11 Å². The molecule has 0 saturated heterocycles. The fourth-order valence-corrected chi connectivity index (χ4v) is 3.26. The van der Waals surface area contributed by atoms with Crippen molar-refractivity contribution in [2.75, 3.05) is 57.6 Å². The van der Waals surface area contributed by atoms with Gasteiger partial charge in [-0.3, -0.25) is 4.79 Å². The largest absolute Gasteiger partial charge is 0.462 e. The summed E-state index contributed by atoms with van der Waals surface area (Å²) in [4.78, 5) is 26.7. The Bertz CT molecular complexity index is 1010.